The molecule has 0 spiro atoms. The van der Waals surface area contributed by atoms with Crippen LogP contribution >= 0.6 is 23.2 Å². The molecule has 3 rings (SSSR count). The number of rotatable bonds is 3. The average molecular weight is 367 g/mol. The van der Waals surface area contributed by atoms with Gasteiger partial charge in [0.25, 0.3) is 11.8 Å². The van der Waals surface area contributed by atoms with Gasteiger partial charge in [0.1, 0.15) is 0 Å². The topological polar surface area (TPSA) is 62.6 Å². The minimum absolute atomic E-state index is 0.0153. The minimum atomic E-state index is -0.234. The van der Waals surface area contributed by atoms with Crippen LogP contribution in [0.2, 0.25) is 10.0 Å². The number of piperidine rings is 1. The van der Waals surface area contributed by atoms with Gasteiger partial charge in [0.2, 0.25) is 0 Å². The Morgan fingerprint density at radius 3 is 2.58 bits per heavy atom. The quantitative estimate of drug-likeness (QED) is 0.901. The Labute approximate surface area is 149 Å². The van der Waals surface area contributed by atoms with Gasteiger partial charge in [0.05, 0.1) is 16.8 Å². The van der Waals surface area contributed by atoms with Crippen molar-refractivity contribution in [2.24, 2.45) is 0 Å². The van der Waals surface area contributed by atoms with Crippen LogP contribution in [0.25, 0.3) is 0 Å². The lowest BCUT2D eigenvalue weighted by Crippen LogP contribution is -2.46. The van der Waals surface area contributed by atoms with Crippen molar-refractivity contribution >= 4 is 35.0 Å². The molecule has 1 saturated heterocycles. The molecule has 2 amide bonds. The van der Waals surface area contributed by atoms with Gasteiger partial charge in [-0.2, -0.15) is 0 Å². The molecule has 7 heteroatoms. The molecular weight excluding hydrogens is 351 g/mol. The molecule has 1 aromatic carbocycles. The number of benzene rings is 1. The largest absolute Gasteiger partial charge is 0.459 e. The lowest BCUT2D eigenvalue weighted by molar-refractivity contribution is 0.0696. The van der Waals surface area contributed by atoms with Crippen molar-refractivity contribution < 1.29 is 14.0 Å². The second-order valence-corrected chi connectivity index (χ2v) is 6.49. The highest BCUT2D eigenvalue weighted by atomic mass is 35.5. The number of hydrogen-bond acceptors (Lipinski definition) is 3. The van der Waals surface area contributed by atoms with Gasteiger partial charge in [-0.3, -0.25) is 9.59 Å². The third-order valence-corrected chi connectivity index (χ3v) is 4.59. The molecule has 5 nitrogen and oxygen atoms in total. The van der Waals surface area contributed by atoms with Crippen LogP contribution in [0.4, 0.5) is 0 Å². The van der Waals surface area contributed by atoms with Crippen LogP contribution in [0.1, 0.15) is 33.8 Å². The molecular formula is C17H16Cl2N2O3. The van der Waals surface area contributed by atoms with E-state index in [1.165, 1.54) is 6.26 Å². The van der Waals surface area contributed by atoms with Crippen LogP contribution in [0.15, 0.2) is 41.0 Å². The molecule has 2 heterocycles. The lowest BCUT2D eigenvalue weighted by Gasteiger charge is -2.32. The second-order valence-electron chi connectivity index (χ2n) is 5.64. The van der Waals surface area contributed by atoms with Crippen LogP contribution in [0.5, 0.6) is 0 Å². The number of likely N-dealkylation sites (tertiary alicyclic amines) is 1. The summed E-state index contributed by atoms with van der Waals surface area (Å²) >= 11 is 12.0. The standard InChI is InChI=1S/C17H16Cl2N2O3/c18-11-3-4-14(19)13(10-11)17(23)21-7-5-12(6-8-21)20-16(22)15-2-1-9-24-15/h1-4,9-10,12H,5-8H2,(H,20,22). The molecule has 0 unspecified atom stereocenters. The van der Waals surface area contributed by atoms with Gasteiger partial charge in [0.15, 0.2) is 5.76 Å². The highest BCUT2D eigenvalue weighted by Crippen LogP contribution is 2.23. The summed E-state index contributed by atoms with van der Waals surface area (Å²) in [5.41, 5.74) is 0.405. The van der Waals surface area contributed by atoms with E-state index in [0.29, 0.717) is 47.3 Å². The Bertz CT molecular complexity index is 738. The summed E-state index contributed by atoms with van der Waals surface area (Å²) in [6.07, 6.45) is 2.82. The summed E-state index contributed by atoms with van der Waals surface area (Å²) in [6.45, 7) is 1.09. The fourth-order valence-corrected chi connectivity index (χ4v) is 3.09. The number of nitrogens with one attached hydrogen (secondary N) is 1. The first-order valence-electron chi connectivity index (χ1n) is 7.63. The molecule has 126 valence electrons. The molecule has 0 aliphatic carbocycles. The van der Waals surface area contributed by atoms with Crippen molar-refractivity contribution in [3.05, 3.63) is 58.0 Å². The number of halogens is 2. The third-order valence-electron chi connectivity index (χ3n) is 4.02. The molecule has 0 atom stereocenters. The van der Waals surface area contributed by atoms with E-state index in [1.54, 1.807) is 35.2 Å². The summed E-state index contributed by atoms with van der Waals surface area (Å²) in [5.74, 6) is -0.0832. The number of amides is 2. The lowest BCUT2D eigenvalue weighted by atomic mass is 10.0. The number of carbonyl (C=O) groups excluding carboxylic acids is 2. The van der Waals surface area contributed by atoms with Gasteiger partial charge in [-0.15, -0.1) is 0 Å². The number of nitrogens with zero attached hydrogens (tertiary/aromatic N) is 1. The molecule has 0 bridgehead atoms. The van der Waals surface area contributed by atoms with Crippen molar-refractivity contribution in [1.82, 2.24) is 10.2 Å². The zero-order chi connectivity index (χ0) is 17.1. The molecule has 1 aromatic heterocycles. The Hall–Kier alpha value is -1.98. The Balaban J connectivity index is 1.57. The van der Waals surface area contributed by atoms with Crippen LogP contribution in [-0.4, -0.2) is 35.8 Å². The predicted octanol–water partition coefficient (Wildman–Crippen LogP) is 3.62. The predicted molar refractivity (Wildman–Crippen MR) is 91.6 cm³/mol. The van der Waals surface area contributed by atoms with Gasteiger partial charge in [-0.05, 0) is 43.2 Å². The first-order chi connectivity index (χ1) is 11.5. The van der Waals surface area contributed by atoms with Gasteiger partial charge < -0.3 is 14.6 Å². The second kappa shape index (κ2) is 7.28. The van der Waals surface area contributed by atoms with Gasteiger partial charge >= 0.3 is 0 Å². The zero-order valence-corrected chi connectivity index (χ0v) is 14.3. The van der Waals surface area contributed by atoms with E-state index in [9.17, 15) is 9.59 Å². The summed E-state index contributed by atoms with van der Waals surface area (Å²) in [4.78, 5) is 26.3. The van der Waals surface area contributed by atoms with Crippen molar-refractivity contribution in [3.63, 3.8) is 0 Å². The molecule has 1 N–H and O–H groups in total. The number of furan rings is 1. The average Bonchev–Trinajstić information content (AvgIpc) is 3.12. The molecule has 0 radical (unpaired) electrons. The van der Waals surface area contributed by atoms with Crippen molar-refractivity contribution in [1.29, 1.82) is 0 Å². The zero-order valence-electron chi connectivity index (χ0n) is 12.8. The third kappa shape index (κ3) is 3.74. The highest BCUT2D eigenvalue weighted by Gasteiger charge is 2.26. The fraction of sp³-hybridized carbons (Fsp3) is 0.294. The Kier molecular flexibility index (Phi) is 5.11. The summed E-state index contributed by atoms with van der Waals surface area (Å²) < 4.78 is 5.07. The maximum absolute atomic E-state index is 12.6. The maximum Gasteiger partial charge on any atom is 0.287 e. The van der Waals surface area contributed by atoms with E-state index >= 15 is 0 Å². The van der Waals surface area contributed by atoms with Crippen LogP contribution in [-0.2, 0) is 0 Å². The first-order valence-corrected chi connectivity index (χ1v) is 8.39. The van der Waals surface area contributed by atoms with Crippen LogP contribution < -0.4 is 5.32 Å². The van der Waals surface area contributed by atoms with Crippen molar-refractivity contribution in [2.45, 2.75) is 18.9 Å². The Morgan fingerprint density at radius 1 is 1.17 bits per heavy atom. The van der Waals surface area contributed by atoms with Crippen molar-refractivity contribution in [2.75, 3.05) is 13.1 Å². The highest BCUT2D eigenvalue weighted by molar-refractivity contribution is 6.35. The molecule has 24 heavy (non-hydrogen) atoms. The van der Waals surface area contributed by atoms with Gasteiger partial charge in [0, 0.05) is 24.2 Å². The van der Waals surface area contributed by atoms with Gasteiger partial charge in [-0.1, -0.05) is 23.2 Å². The van der Waals surface area contributed by atoms with Crippen molar-refractivity contribution in [3.8, 4) is 0 Å². The number of carbonyl (C=O) groups is 2. The normalized spacial score (nSPS) is 15.3. The molecule has 2 aromatic rings. The smallest absolute Gasteiger partial charge is 0.287 e. The van der Waals surface area contributed by atoms with E-state index in [0.717, 1.165) is 0 Å². The summed E-state index contributed by atoms with van der Waals surface area (Å²) in [5, 5.41) is 3.79. The van der Waals surface area contributed by atoms with Gasteiger partial charge in [-0.25, -0.2) is 0 Å². The minimum Gasteiger partial charge on any atom is -0.459 e. The SMILES string of the molecule is O=C(NC1CCN(C(=O)c2cc(Cl)ccc2Cl)CC1)c1ccco1. The number of hydrogen-bond donors (Lipinski definition) is 1. The Morgan fingerprint density at radius 2 is 1.92 bits per heavy atom. The summed E-state index contributed by atoms with van der Waals surface area (Å²) in [6, 6.07) is 8.16. The molecule has 1 fully saturated rings. The van der Waals surface area contributed by atoms with E-state index in [2.05, 4.69) is 5.32 Å². The van der Waals surface area contributed by atoms with Crippen LogP contribution in [0.3, 0.4) is 0 Å². The van der Waals surface area contributed by atoms with Crippen LogP contribution in [0, 0.1) is 0 Å². The molecule has 0 saturated carbocycles. The first kappa shape index (κ1) is 16.9. The maximum atomic E-state index is 12.6. The molecule has 1 aliphatic heterocycles. The summed E-state index contributed by atoms with van der Waals surface area (Å²) in [7, 11) is 0. The molecule has 1 aliphatic rings. The van der Waals surface area contributed by atoms with E-state index in [1.807, 2.05) is 0 Å². The monoisotopic (exact) mass is 366 g/mol. The fourth-order valence-electron chi connectivity index (χ4n) is 2.72. The van der Waals surface area contributed by atoms with E-state index in [4.69, 9.17) is 27.6 Å². The van der Waals surface area contributed by atoms with E-state index < -0.39 is 0 Å². The van der Waals surface area contributed by atoms with E-state index in [-0.39, 0.29) is 17.9 Å².